The van der Waals surface area contributed by atoms with Crippen molar-refractivity contribution in [1.29, 1.82) is 0 Å². The maximum Gasteiger partial charge on any atom is 0.243 e. The number of amides is 2. The summed E-state index contributed by atoms with van der Waals surface area (Å²) in [7, 11) is 1.48. The summed E-state index contributed by atoms with van der Waals surface area (Å²) in [6.45, 7) is -0.199. The largest absolute Gasteiger partial charge is 0.495 e. The maximum absolute atomic E-state index is 12.8. The fourth-order valence-electron chi connectivity index (χ4n) is 2.00. The molecule has 0 aliphatic heterocycles. The van der Waals surface area contributed by atoms with Gasteiger partial charge in [-0.1, -0.05) is 23.7 Å². The number of nitrogens with one attached hydrogen (secondary N) is 2. The zero-order chi connectivity index (χ0) is 17.5. The Balaban J connectivity index is 1.85. The maximum atomic E-state index is 12.8. The van der Waals surface area contributed by atoms with Crippen molar-refractivity contribution in [1.82, 2.24) is 5.32 Å². The van der Waals surface area contributed by atoms with E-state index in [1.54, 1.807) is 18.2 Å². The van der Waals surface area contributed by atoms with E-state index in [-0.39, 0.29) is 24.7 Å². The van der Waals surface area contributed by atoms with Gasteiger partial charge in [-0.3, -0.25) is 9.59 Å². The first kappa shape index (κ1) is 17.7. The van der Waals surface area contributed by atoms with Crippen LogP contribution >= 0.6 is 11.6 Å². The van der Waals surface area contributed by atoms with Gasteiger partial charge in [-0.05, 0) is 35.9 Å². The highest BCUT2D eigenvalue weighted by Crippen LogP contribution is 2.27. The first-order valence-corrected chi connectivity index (χ1v) is 7.50. The van der Waals surface area contributed by atoms with E-state index in [2.05, 4.69) is 10.6 Å². The summed E-state index contributed by atoms with van der Waals surface area (Å²) >= 11 is 5.88. The number of anilines is 1. The minimum absolute atomic E-state index is 0.0635. The van der Waals surface area contributed by atoms with Gasteiger partial charge in [0, 0.05) is 5.02 Å². The Kier molecular flexibility index (Phi) is 6.14. The van der Waals surface area contributed by atoms with Crippen LogP contribution in [0.1, 0.15) is 5.56 Å². The molecule has 5 nitrogen and oxygen atoms in total. The van der Waals surface area contributed by atoms with E-state index in [4.69, 9.17) is 16.3 Å². The highest BCUT2D eigenvalue weighted by Gasteiger charge is 2.10. The van der Waals surface area contributed by atoms with Crippen molar-refractivity contribution in [2.75, 3.05) is 19.0 Å². The van der Waals surface area contributed by atoms with E-state index in [0.717, 1.165) is 0 Å². The highest BCUT2D eigenvalue weighted by atomic mass is 35.5. The Bertz CT molecular complexity index is 735. The number of halogens is 2. The SMILES string of the molecule is COc1ccc(Cl)cc1NC(=O)CNC(=O)Cc1ccc(F)cc1. The predicted octanol–water partition coefficient (Wildman–Crippen LogP) is 2.79. The lowest BCUT2D eigenvalue weighted by atomic mass is 10.1. The third kappa shape index (κ3) is 5.24. The van der Waals surface area contributed by atoms with E-state index in [1.807, 2.05) is 0 Å². The average Bonchev–Trinajstić information content (AvgIpc) is 2.55. The molecule has 0 spiro atoms. The van der Waals surface area contributed by atoms with Crippen molar-refractivity contribution in [2.24, 2.45) is 0 Å². The molecule has 0 aromatic heterocycles. The Morgan fingerprint density at radius 1 is 1.12 bits per heavy atom. The van der Waals surface area contributed by atoms with Crippen LogP contribution in [0.4, 0.5) is 10.1 Å². The van der Waals surface area contributed by atoms with Crippen molar-refractivity contribution in [2.45, 2.75) is 6.42 Å². The topological polar surface area (TPSA) is 67.4 Å². The Hall–Kier alpha value is -2.60. The molecule has 0 fully saturated rings. The second kappa shape index (κ2) is 8.31. The molecule has 0 bridgehead atoms. The number of methoxy groups -OCH3 is 1. The highest BCUT2D eigenvalue weighted by molar-refractivity contribution is 6.31. The molecule has 0 saturated carbocycles. The van der Waals surface area contributed by atoms with Gasteiger partial charge in [-0.2, -0.15) is 0 Å². The van der Waals surface area contributed by atoms with Crippen LogP contribution in [0.2, 0.25) is 5.02 Å². The van der Waals surface area contributed by atoms with Crippen molar-refractivity contribution in [3.8, 4) is 5.75 Å². The number of benzene rings is 2. The number of ether oxygens (including phenoxy) is 1. The third-order valence-electron chi connectivity index (χ3n) is 3.16. The van der Waals surface area contributed by atoms with Crippen molar-refractivity contribution >= 4 is 29.1 Å². The molecule has 0 radical (unpaired) electrons. The fourth-order valence-corrected chi connectivity index (χ4v) is 2.17. The van der Waals surface area contributed by atoms with Gasteiger partial charge >= 0.3 is 0 Å². The summed E-state index contributed by atoms with van der Waals surface area (Å²) in [5, 5.41) is 5.57. The molecule has 0 aliphatic rings. The summed E-state index contributed by atoms with van der Waals surface area (Å²) in [4.78, 5) is 23.7. The van der Waals surface area contributed by atoms with Crippen LogP contribution in [0.5, 0.6) is 5.75 Å². The number of rotatable bonds is 6. The molecule has 7 heteroatoms. The predicted molar refractivity (Wildman–Crippen MR) is 89.7 cm³/mol. The number of hydrogen-bond donors (Lipinski definition) is 2. The first-order chi connectivity index (χ1) is 11.5. The molecular formula is C17H16ClFN2O3. The molecule has 2 amide bonds. The quantitative estimate of drug-likeness (QED) is 0.841. The number of hydrogen-bond acceptors (Lipinski definition) is 3. The molecule has 0 atom stereocenters. The summed E-state index contributed by atoms with van der Waals surface area (Å²) in [5.74, 6) is -0.655. The smallest absolute Gasteiger partial charge is 0.243 e. The summed E-state index contributed by atoms with van der Waals surface area (Å²) in [6, 6.07) is 10.4. The molecular weight excluding hydrogens is 335 g/mol. The summed E-state index contributed by atoms with van der Waals surface area (Å²) in [6.07, 6.45) is 0.0635. The van der Waals surface area contributed by atoms with Crippen molar-refractivity contribution < 1.29 is 18.7 Å². The van der Waals surface area contributed by atoms with Crippen LogP contribution in [0.15, 0.2) is 42.5 Å². The van der Waals surface area contributed by atoms with E-state index in [0.29, 0.717) is 22.0 Å². The van der Waals surface area contributed by atoms with Gasteiger partial charge < -0.3 is 15.4 Å². The molecule has 24 heavy (non-hydrogen) atoms. The van der Waals surface area contributed by atoms with Crippen LogP contribution in [0, 0.1) is 5.82 Å². The third-order valence-corrected chi connectivity index (χ3v) is 3.39. The zero-order valence-electron chi connectivity index (χ0n) is 12.9. The second-order valence-corrected chi connectivity index (χ2v) is 5.41. The van der Waals surface area contributed by atoms with Crippen LogP contribution in [0.3, 0.4) is 0 Å². The first-order valence-electron chi connectivity index (χ1n) is 7.12. The molecule has 2 aromatic carbocycles. The lowest BCUT2D eigenvalue weighted by Crippen LogP contribution is -2.33. The molecule has 2 aromatic rings. The molecule has 2 rings (SSSR count). The Morgan fingerprint density at radius 2 is 1.83 bits per heavy atom. The van der Waals surface area contributed by atoms with Crippen LogP contribution in [-0.2, 0) is 16.0 Å². The van der Waals surface area contributed by atoms with Crippen LogP contribution in [0.25, 0.3) is 0 Å². The Labute approximate surface area is 143 Å². The van der Waals surface area contributed by atoms with Gasteiger partial charge in [-0.15, -0.1) is 0 Å². The minimum atomic E-state index is -0.414. The zero-order valence-corrected chi connectivity index (χ0v) is 13.7. The molecule has 126 valence electrons. The van der Waals surface area contributed by atoms with Gasteiger partial charge in [0.25, 0.3) is 0 Å². The van der Waals surface area contributed by atoms with Gasteiger partial charge in [0.1, 0.15) is 11.6 Å². The number of carbonyl (C=O) groups excluding carboxylic acids is 2. The fraction of sp³-hybridized carbons (Fsp3) is 0.176. The van der Waals surface area contributed by atoms with E-state index in [9.17, 15) is 14.0 Å². The normalized spacial score (nSPS) is 10.1. The summed E-state index contributed by atoms with van der Waals surface area (Å²) < 4.78 is 17.9. The molecule has 0 heterocycles. The average molecular weight is 351 g/mol. The van der Waals surface area contributed by atoms with Gasteiger partial charge in [0.05, 0.1) is 25.8 Å². The van der Waals surface area contributed by atoms with E-state index >= 15 is 0 Å². The molecule has 0 unspecified atom stereocenters. The molecule has 0 saturated heterocycles. The van der Waals surface area contributed by atoms with Gasteiger partial charge in [-0.25, -0.2) is 4.39 Å². The molecule has 0 aliphatic carbocycles. The second-order valence-electron chi connectivity index (χ2n) is 4.97. The van der Waals surface area contributed by atoms with E-state index in [1.165, 1.54) is 31.4 Å². The monoisotopic (exact) mass is 350 g/mol. The van der Waals surface area contributed by atoms with Crippen LogP contribution in [-0.4, -0.2) is 25.5 Å². The Morgan fingerprint density at radius 3 is 2.50 bits per heavy atom. The lowest BCUT2D eigenvalue weighted by Gasteiger charge is -2.11. The van der Waals surface area contributed by atoms with Crippen molar-refractivity contribution in [3.63, 3.8) is 0 Å². The van der Waals surface area contributed by atoms with Crippen LogP contribution < -0.4 is 15.4 Å². The lowest BCUT2D eigenvalue weighted by molar-refractivity contribution is -0.123. The number of carbonyl (C=O) groups is 2. The minimum Gasteiger partial charge on any atom is -0.495 e. The van der Waals surface area contributed by atoms with Gasteiger partial charge in [0.15, 0.2) is 0 Å². The standard InChI is InChI=1S/C17H16ClFN2O3/c1-24-15-7-4-12(18)9-14(15)21-17(23)10-20-16(22)8-11-2-5-13(19)6-3-11/h2-7,9H,8,10H2,1H3,(H,20,22)(H,21,23). The van der Waals surface area contributed by atoms with E-state index < -0.39 is 5.91 Å². The van der Waals surface area contributed by atoms with Gasteiger partial charge in [0.2, 0.25) is 11.8 Å². The summed E-state index contributed by atoms with van der Waals surface area (Å²) in [5.41, 5.74) is 1.08. The molecule has 2 N–H and O–H groups in total. The van der Waals surface area contributed by atoms with Crippen molar-refractivity contribution in [3.05, 3.63) is 58.9 Å².